The van der Waals surface area contributed by atoms with E-state index in [2.05, 4.69) is 12.2 Å². The Bertz CT molecular complexity index is 644. The van der Waals surface area contributed by atoms with Crippen LogP contribution in [0.1, 0.15) is 12.5 Å². The summed E-state index contributed by atoms with van der Waals surface area (Å²) < 4.78 is 5.38. The lowest BCUT2D eigenvalue weighted by atomic mass is 10.1. The van der Waals surface area contributed by atoms with Crippen LogP contribution in [0.3, 0.4) is 0 Å². The highest BCUT2D eigenvalue weighted by Crippen LogP contribution is 2.27. The fourth-order valence-corrected chi connectivity index (χ4v) is 2.26. The van der Waals surface area contributed by atoms with E-state index in [0.29, 0.717) is 15.8 Å². The SMILES string of the molecule is CCc1cccc(NC(=O)COc2ccc(Cl)cc2Cl)c1. The second-order valence-electron chi connectivity index (χ2n) is 4.47. The number of amides is 1. The van der Waals surface area contributed by atoms with Gasteiger partial charge in [0.1, 0.15) is 5.75 Å². The van der Waals surface area contributed by atoms with E-state index in [1.165, 1.54) is 0 Å². The van der Waals surface area contributed by atoms with E-state index in [4.69, 9.17) is 27.9 Å². The van der Waals surface area contributed by atoms with Gasteiger partial charge in [0.15, 0.2) is 6.61 Å². The van der Waals surface area contributed by atoms with Gasteiger partial charge in [0.05, 0.1) is 5.02 Å². The molecule has 2 rings (SSSR count). The molecule has 0 saturated heterocycles. The third kappa shape index (κ3) is 4.66. The number of nitrogens with one attached hydrogen (secondary N) is 1. The van der Waals surface area contributed by atoms with Crippen molar-refractivity contribution in [1.29, 1.82) is 0 Å². The molecular formula is C16H15Cl2NO2. The average Bonchev–Trinajstić information content (AvgIpc) is 2.46. The Labute approximate surface area is 133 Å². The first-order chi connectivity index (χ1) is 10.1. The molecule has 0 saturated carbocycles. The number of carbonyl (C=O) groups excluding carboxylic acids is 1. The topological polar surface area (TPSA) is 38.3 Å². The van der Waals surface area contributed by atoms with Gasteiger partial charge >= 0.3 is 0 Å². The van der Waals surface area contributed by atoms with Crippen molar-refractivity contribution in [3.05, 3.63) is 58.1 Å². The molecule has 0 spiro atoms. The van der Waals surface area contributed by atoms with Gasteiger partial charge in [-0.3, -0.25) is 4.79 Å². The number of aryl methyl sites for hydroxylation is 1. The number of ether oxygens (including phenoxy) is 1. The lowest BCUT2D eigenvalue weighted by molar-refractivity contribution is -0.118. The molecule has 21 heavy (non-hydrogen) atoms. The van der Waals surface area contributed by atoms with Gasteiger partial charge in [-0.2, -0.15) is 0 Å². The summed E-state index contributed by atoms with van der Waals surface area (Å²) in [5.74, 6) is 0.188. The first-order valence-corrected chi connectivity index (χ1v) is 7.30. The van der Waals surface area contributed by atoms with E-state index in [-0.39, 0.29) is 12.5 Å². The highest BCUT2D eigenvalue weighted by molar-refractivity contribution is 6.35. The summed E-state index contributed by atoms with van der Waals surface area (Å²) in [5.41, 5.74) is 1.92. The van der Waals surface area contributed by atoms with Gasteiger partial charge in [0, 0.05) is 10.7 Å². The van der Waals surface area contributed by atoms with Gasteiger partial charge < -0.3 is 10.1 Å². The van der Waals surface area contributed by atoms with Crippen molar-refractivity contribution in [2.75, 3.05) is 11.9 Å². The second kappa shape index (κ2) is 7.34. The smallest absolute Gasteiger partial charge is 0.262 e. The summed E-state index contributed by atoms with van der Waals surface area (Å²) in [4.78, 5) is 11.9. The van der Waals surface area contributed by atoms with E-state index in [1.807, 2.05) is 24.3 Å². The molecule has 1 amide bonds. The molecule has 0 aromatic heterocycles. The van der Waals surface area contributed by atoms with E-state index in [1.54, 1.807) is 18.2 Å². The van der Waals surface area contributed by atoms with Crippen LogP contribution in [0.5, 0.6) is 5.75 Å². The Morgan fingerprint density at radius 3 is 2.71 bits per heavy atom. The van der Waals surface area contributed by atoms with Crippen LogP contribution in [-0.2, 0) is 11.2 Å². The first-order valence-electron chi connectivity index (χ1n) is 6.55. The lowest BCUT2D eigenvalue weighted by Crippen LogP contribution is -2.20. The summed E-state index contributed by atoms with van der Waals surface area (Å²) >= 11 is 11.8. The molecular weight excluding hydrogens is 309 g/mol. The normalized spacial score (nSPS) is 10.2. The van der Waals surface area contributed by atoms with Crippen molar-refractivity contribution in [2.24, 2.45) is 0 Å². The van der Waals surface area contributed by atoms with Crippen LogP contribution >= 0.6 is 23.2 Å². The van der Waals surface area contributed by atoms with Crippen molar-refractivity contribution in [1.82, 2.24) is 0 Å². The Balaban J connectivity index is 1.92. The van der Waals surface area contributed by atoms with Crippen molar-refractivity contribution in [2.45, 2.75) is 13.3 Å². The fourth-order valence-electron chi connectivity index (χ4n) is 1.80. The van der Waals surface area contributed by atoms with Crippen molar-refractivity contribution in [3.63, 3.8) is 0 Å². The van der Waals surface area contributed by atoms with E-state index < -0.39 is 0 Å². The van der Waals surface area contributed by atoms with Crippen LogP contribution in [0.25, 0.3) is 0 Å². The van der Waals surface area contributed by atoms with Gasteiger partial charge in [-0.15, -0.1) is 0 Å². The van der Waals surface area contributed by atoms with Crippen LogP contribution in [0.15, 0.2) is 42.5 Å². The standard InChI is InChI=1S/C16H15Cl2NO2/c1-2-11-4-3-5-13(8-11)19-16(20)10-21-15-7-6-12(17)9-14(15)18/h3-9H,2,10H2,1H3,(H,19,20). The Morgan fingerprint density at radius 2 is 2.00 bits per heavy atom. The molecule has 0 bridgehead atoms. The molecule has 0 atom stereocenters. The molecule has 0 fully saturated rings. The van der Waals surface area contributed by atoms with E-state index in [0.717, 1.165) is 17.7 Å². The number of anilines is 1. The number of hydrogen-bond donors (Lipinski definition) is 1. The zero-order valence-corrected chi connectivity index (χ0v) is 13.0. The molecule has 0 aliphatic carbocycles. The summed E-state index contributed by atoms with van der Waals surface area (Å²) in [6, 6.07) is 12.6. The third-order valence-electron chi connectivity index (χ3n) is 2.87. The Hall–Kier alpha value is -1.71. The summed E-state index contributed by atoms with van der Waals surface area (Å²) in [6.45, 7) is 1.95. The highest BCUT2D eigenvalue weighted by Gasteiger charge is 2.07. The molecule has 110 valence electrons. The number of halogens is 2. The minimum Gasteiger partial charge on any atom is -0.482 e. The number of benzene rings is 2. The Kier molecular flexibility index (Phi) is 5.48. The zero-order chi connectivity index (χ0) is 15.2. The van der Waals surface area contributed by atoms with Gasteiger partial charge in [0.2, 0.25) is 0 Å². The zero-order valence-electron chi connectivity index (χ0n) is 11.5. The van der Waals surface area contributed by atoms with Crippen LogP contribution < -0.4 is 10.1 Å². The number of rotatable bonds is 5. The van der Waals surface area contributed by atoms with Gasteiger partial charge in [-0.1, -0.05) is 42.3 Å². The average molecular weight is 324 g/mol. The van der Waals surface area contributed by atoms with Crippen LogP contribution in [0.2, 0.25) is 10.0 Å². The molecule has 2 aromatic carbocycles. The van der Waals surface area contributed by atoms with Gasteiger partial charge in [0.25, 0.3) is 5.91 Å². The van der Waals surface area contributed by atoms with E-state index >= 15 is 0 Å². The molecule has 5 heteroatoms. The number of hydrogen-bond acceptors (Lipinski definition) is 2. The van der Waals surface area contributed by atoms with Crippen LogP contribution in [-0.4, -0.2) is 12.5 Å². The molecule has 3 nitrogen and oxygen atoms in total. The summed E-state index contributed by atoms with van der Waals surface area (Å²) in [7, 11) is 0. The maximum absolute atomic E-state index is 11.9. The van der Waals surface area contributed by atoms with Crippen LogP contribution in [0, 0.1) is 0 Å². The highest BCUT2D eigenvalue weighted by atomic mass is 35.5. The monoisotopic (exact) mass is 323 g/mol. The maximum atomic E-state index is 11.9. The molecule has 0 radical (unpaired) electrons. The van der Waals surface area contributed by atoms with Crippen molar-refractivity contribution in [3.8, 4) is 5.75 Å². The first kappa shape index (κ1) is 15.7. The molecule has 0 aliphatic rings. The molecule has 0 unspecified atom stereocenters. The predicted molar refractivity (Wildman–Crippen MR) is 86.4 cm³/mol. The number of carbonyl (C=O) groups is 1. The molecule has 0 heterocycles. The van der Waals surface area contributed by atoms with Crippen LogP contribution in [0.4, 0.5) is 5.69 Å². The summed E-state index contributed by atoms with van der Waals surface area (Å²) in [5, 5.41) is 3.68. The van der Waals surface area contributed by atoms with Gasteiger partial charge in [-0.25, -0.2) is 0 Å². The van der Waals surface area contributed by atoms with Gasteiger partial charge in [-0.05, 0) is 42.3 Å². The summed E-state index contributed by atoms with van der Waals surface area (Å²) in [6.07, 6.45) is 0.917. The molecule has 2 aromatic rings. The van der Waals surface area contributed by atoms with E-state index in [9.17, 15) is 4.79 Å². The molecule has 0 aliphatic heterocycles. The predicted octanol–water partition coefficient (Wildman–Crippen LogP) is 4.57. The Morgan fingerprint density at radius 1 is 1.19 bits per heavy atom. The van der Waals surface area contributed by atoms with Crippen molar-refractivity contribution >= 4 is 34.8 Å². The lowest BCUT2D eigenvalue weighted by Gasteiger charge is -2.09. The fraction of sp³-hybridized carbons (Fsp3) is 0.188. The minimum absolute atomic E-state index is 0.113. The second-order valence-corrected chi connectivity index (χ2v) is 5.31. The third-order valence-corrected chi connectivity index (χ3v) is 3.40. The molecule has 1 N–H and O–H groups in total. The van der Waals surface area contributed by atoms with Crippen molar-refractivity contribution < 1.29 is 9.53 Å². The maximum Gasteiger partial charge on any atom is 0.262 e. The quantitative estimate of drug-likeness (QED) is 0.875. The minimum atomic E-state index is -0.241. The largest absolute Gasteiger partial charge is 0.482 e.